The van der Waals surface area contributed by atoms with E-state index in [0.29, 0.717) is 13.2 Å². The normalized spacial score (nSPS) is 10.7. The fourth-order valence-electron chi connectivity index (χ4n) is 2.01. The lowest BCUT2D eigenvalue weighted by Crippen LogP contribution is -2.01. The third kappa shape index (κ3) is 5.66. The second kappa shape index (κ2) is 9.51. The summed E-state index contributed by atoms with van der Waals surface area (Å²) in [7, 11) is 0. The standard InChI is InChI=1S/C19H24N2O2/c1-3-5-13-23-18-12-11-16(14-19(18)22-4-2)15-20-21-17-9-7-6-8-10-17/h6-12,14-15,21H,3-5,13H2,1-2H3. The summed E-state index contributed by atoms with van der Waals surface area (Å²) in [5.74, 6) is 1.54. The molecule has 0 spiro atoms. The molecule has 1 N–H and O–H groups in total. The SMILES string of the molecule is CCCCOc1ccc(C=NNc2ccccc2)cc1OCC. The summed E-state index contributed by atoms with van der Waals surface area (Å²) in [5.41, 5.74) is 4.91. The van der Waals surface area contributed by atoms with E-state index in [2.05, 4.69) is 17.5 Å². The van der Waals surface area contributed by atoms with Gasteiger partial charge in [0.15, 0.2) is 11.5 Å². The first-order valence-corrected chi connectivity index (χ1v) is 8.07. The van der Waals surface area contributed by atoms with E-state index in [0.717, 1.165) is 35.6 Å². The van der Waals surface area contributed by atoms with E-state index in [4.69, 9.17) is 9.47 Å². The Morgan fingerprint density at radius 2 is 1.83 bits per heavy atom. The van der Waals surface area contributed by atoms with Crippen molar-refractivity contribution in [2.45, 2.75) is 26.7 Å². The third-order valence-corrected chi connectivity index (χ3v) is 3.20. The average Bonchev–Trinajstić information content (AvgIpc) is 2.58. The van der Waals surface area contributed by atoms with Crippen LogP contribution in [0, 0.1) is 0 Å². The number of hydrogen-bond donors (Lipinski definition) is 1. The molecule has 0 heterocycles. The first-order valence-electron chi connectivity index (χ1n) is 8.07. The minimum atomic E-state index is 0.604. The zero-order chi connectivity index (χ0) is 16.3. The first-order chi connectivity index (χ1) is 11.3. The maximum Gasteiger partial charge on any atom is 0.161 e. The predicted octanol–water partition coefficient (Wildman–Crippen LogP) is 4.71. The Labute approximate surface area is 138 Å². The predicted molar refractivity (Wildman–Crippen MR) is 95.7 cm³/mol. The molecule has 0 bridgehead atoms. The highest BCUT2D eigenvalue weighted by molar-refractivity contribution is 5.81. The molecular weight excluding hydrogens is 288 g/mol. The molecule has 4 nitrogen and oxygen atoms in total. The van der Waals surface area contributed by atoms with Crippen LogP contribution in [0.2, 0.25) is 0 Å². The molecule has 2 rings (SSSR count). The maximum atomic E-state index is 5.77. The van der Waals surface area contributed by atoms with Gasteiger partial charge in [-0.1, -0.05) is 31.5 Å². The van der Waals surface area contributed by atoms with Crippen molar-refractivity contribution in [2.24, 2.45) is 5.10 Å². The Kier molecular flexibility index (Phi) is 6.98. The monoisotopic (exact) mass is 312 g/mol. The van der Waals surface area contributed by atoms with Gasteiger partial charge in [0.05, 0.1) is 25.1 Å². The molecule has 0 radical (unpaired) electrons. The van der Waals surface area contributed by atoms with E-state index in [1.165, 1.54) is 0 Å². The van der Waals surface area contributed by atoms with E-state index in [1.807, 2.05) is 55.5 Å². The van der Waals surface area contributed by atoms with Gasteiger partial charge < -0.3 is 9.47 Å². The molecule has 4 heteroatoms. The Morgan fingerprint density at radius 1 is 1.00 bits per heavy atom. The molecular formula is C19H24N2O2. The minimum Gasteiger partial charge on any atom is -0.490 e. The number of rotatable bonds is 9. The van der Waals surface area contributed by atoms with E-state index >= 15 is 0 Å². The summed E-state index contributed by atoms with van der Waals surface area (Å²) in [6, 6.07) is 15.7. The highest BCUT2D eigenvalue weighted by atomic mass is 16.5. The number of unbranched alkanes of at least 4 members (excludes halogenated alkanes) is 1. The van der Waals surface area contributed by atoms with E-state index < -0.39 is 0 Å². The van der Waals surface area contributed by atoms with Crippen molar-refractivity contribution in [3.63, 3.8) is 0 Å². The van der Waals surface area contributed by atoms with Crippen molar-refractivity contribution in [1.29, 1.82) is 0 Å². The van der Waals surface area contributed by atoms with Crippen LogP contribution >= 0.6 is 0 Å². The fourth-order valence-corrected chi connectivity index (χ4v) is 2.01. The number of ether oxygens (including phenoxy) is 2. The highest BCUT2D eigenvalue weighted by Crippen LogP contribution is 2.28. The highest BCUT2D eigenvalue weighted by Gasteiger charge is 2.05. The van der Waals surface area contributed by atoms with Gasteiger partial charge in [0.2, 0.25) is 0 Å². The van der Waals surface area contributed by atoms with E-state index in [9.17, 15) is 0 Å². The molecule has 0 amide bonds. The average molecular weight is 312 g/mol. The summed E-state index contributed by atoms with van der Waals surface area (Å²) < 4.78 is 11.4. The molecule has 0 aromatic heterocycles. The van der Waals surface area contributed by atoms with Gasteiger partial charge in [-0.05, 0) is 49.2 Å². The molecule has 0 unspecified atom stereocenters. The number of hydrazone groups is 1. The number of hydrogen-bond acceptors (Lipinski definition) is 4. The van der Waals surface area contributed by atoms with Crippen LogP contribution < -0.4 is 14.9 Å². The maximum absolute atomic E-state index is 5.77. The second-order valence-corrected chi connectivity index (χ2v) is 5.08. The summed E-state index contributed by atoms with van der Waals surface area (Å²) >= 11 is 0. The van der Waals surface area contributed by atoms with Crippen molar-refractivity contribution in [2.75, 3.05) is 18.6 Å². The fraction of sp³-hybridized carbons (Fsp3) is 0.316. The Hall–Kier alpha value is -2.49. The van der Waals surface area contributed by atoms with Crippen molar-refractivity contribution < 1.29 is 9.47 Å². The third-order valence-electron chi connectivity index (χ3n) is 3.20. The van der Waals surface area contributed by atoms with Crippen molar-refractivity contribution in [3.05, 3.63) is 54.1 Å². The molecule has 122 valence electrons. The van der Waals surface area contributed by atoms with Gasteiger partial charge in [-0.2, -0.15) is 5.10 Å². The van der Waals surface area contributed by atoms with Gasteiger partial charge in [-0.3, -0.25) is 5.43 Å². The van der Waals surface area contributed by atoms with Crippen LogP contribution in [0.15, 0.2) is 53.6 Å². The Morgan fingerprint density at radius 3 is 2.57 bits per heavy atom. The van der Waals surface area contributed by atoms with Crippen LogP contribution in [-0.2, 0) is 0 Å². The van der Waals surface area contributed by atoms with Gasteiger partial charge in [0.25, 0.3) is 0 Å². The van der Waals surface area contributed by atoms with Gasteiger partial charge in [0, 0.05) is 0 Å². The Balaban J connectivity index is 2.02. The van der Waals surface area contributed by atoms with Crippen molar-refractivity contribution >= 4 is 11.9 Å². The van der Waals surface area contributed by atoms with Gasteiger partial charge in [-0.25, -0.2) is 0 Å². The summed E-state index contributed by atoms with van der Waals surface area (Å²) in [5, 5.41) is 4.25. The van der Waals surface area contributed by atoms with Gasteiger partial charge in [-0.15, -0.1) is 0 Å². The van der Waals surface area contributed by atoms with Crippen molar-refractivity contribution in [1.82, 2.24) is 0 Å². The number of benzene rings is 2. The van der Waals surface area contributed by atoms with Crippen LogP contribution in [0.1, 0.15) is 32.3 Å². The molecule has 0 atom stereocenters. The van der Waals surface area contributed by atoms with Gasteiger partial charge in [0.1, 0.15) is 0 Å². The molecule has 0 aliphatic heterocycles. The lowest BCUT2D eigenvalue weighted by Gasteiger charge is -2.12. The number of nitrogens with one attached hydrogen (secondary N) is 1. The summed E-state index contributed by atoms with van der Waals surface area (Å²) in [6.45, 7) is 5.42. The number of nitrogens with zero attached hydrogens (tertiary/aromatic N) is 1. The molecule has 0 saturated heterocycles. The smallest absolute Gasteiger partial charge is 0.161 e. The number of anilines is 1. The first kappa shape index (κ1) is 16.9. The topological polar surface area (TPSA) is 42.8 Å². The molecule has 0 fully saturated rings. The number of para-hydroxylation sites is 1. The molecule has 0 aliphatic carbocycles. The quantitative estimate of drug-likeness (QED) is 0.414. The zero-order valence-electron chi connectivity index (χ0n) is 13.8. The summed E-state index contributed by atoms with van der Waals surface area (Å²) in [4.78, 5) is 0. The molecule has 23 heavy (non-hydrogen) atoms. The van der Waals surface area contributed by atoms with Crippen molar-refractivity contribution in [3.8, 4) is 11.5 Å². The van der Waals surface area contributed by atoms with Crippen LogP contribution in [0.3, 0.4) is 0 Å². The Bertz CT molecular complexity index is 612. The largest absolute Gasteiger partial charge is 0.490 e. The van der Waals surface area contributed by atoms with E-state index in [-0.39, 0.29) is 0 Å². The van der Waals surface area contributed by atoms with E-state index in [1.54, 1.807) is 6.21 Å². The second-order valence-electron chi connectivity index (χ2n) is 5.08. The van der Waals surface area contributed by atoms with Crippen LogP contribution in [0.25, 0.3) is 0 Å². The zero-order valence-corrected chi connectivity index (χ0v) is 13.8. The molecule has 2 aromatic carbocycles. The summed E-state index contributed by atoms with van der Waals surface area (Å²) in [6.07, 6.45) is 3.92. The molecule has 2 aromatic rings. The van der Waals surface area contributed by atoms with Crippen LogP contribution in [0.4, 0.5) is 5.69 Å². The van der Waals surface area contributed by atoms with Crippen LogP contribution in [0.5, 0.6) is 11.5 Å². The molecule has 0 saturated carbocycles. The van der Waals surface area contributed by atoms with Gasteiger partial charge >= 0.3 is 0 Å². The molecule has 0 aliphatic rings. The lowest BCUT2D eigenvalue weighted by molar-refractivity contribution is 0.272. The minimum absolute atomic E-state index is 0.604. The lowest BCUT2D eigenvalue weighted by atomic mass is 10.2. The van der Waals surface area contributed by atoms with Crippen LogP contribution in [-0.4, -0.2) is 19.4 Å².